The lowest BCUT2D eigenvalue weighted by Gasteiger charge is -2.33. The fourth-order valence-corrected chi connectivity index (χ4v) is 2.64. The van der Waals surface area contributed by atoms with E-state index in [-0.39, 0.29) is 12.1 Å². The molecule has 1 fully saturated rings. The zero-order valence-corrected chi connectivity index (χ0v) is 12.4. The molecular weight excluding hydrogens is 254 g/mol. The largest absolute Gasteiger partial charge is 0.492 e. The number of hydrogen-bond acceptors (Lipinski definition) is 4. The Balaban J connectivity index is 1.99. The Labute approximate surface area is 121 Å². The van der Waals surface area contributed by atoms with Gasteiger partial charge in [0.25, 0.3) is 0 Å². The van der Waals surface area contributed by atoms with Gasteiger partial charge in [-0.05, 0) is 43.0 Å². The van der Waals surface area contributed by atoms with E-state index in [4.69, 9.17) is 9.47 Å². The minimum Gasteiger partial charge on any atom is -0.492 e. The molecule has 0 spiro atoms. The van der Waals surface area contributed by atoms with E-state index in [0.717, 1.165) is 17.9 Å². The van der Waals surface area contributed by atoms with Gasteiger partial charge >= 0.3 is 0 Å². The summed E-state index contributed by atoms with van der Waals surface area (Å²) < 4.78 is 11.1. The molecule has 1 aromatic carbocycles. The number of rotatable bonds is 9. The summed E-state index contributed by atoms with van der Waals surface area (Å²) in [7, 11) is 1.68. The average Bonchev–Trinajstić information content (AvgIpc) is 3.29. The van der Waals surface area contributed by atoms with Crippen molar-refractivity contribution >= 4 is 0 Å². The van der Waals surface area contributed by atoms with Crippen LogP contribution in [0.2, 0.25) is 0 Å². The van der Waals surface area contributed by atoms with Gasteiger partial charge in [0.2, 0.25) is 0 Å². The fourth-order valence-electron chi connectivity index (χ4n) is 2.64. The average molecular weight is 279 g/mol. The maximum Gasteiger partial charge on any atom is 0.119 e. The first kappa shape index (κ1) is 15.3. The molecule has 1 unspecified atom stereocenters. The highest BCUT2D eigenvalue weighted by molar-refractivity contribution is 5.28. The lowest BCUT2D eigenvalue weighted by atomic mass is 9.95. The molecular formula is C16H25NO3. The Bertz CT molecular complexity index is 420. The van der Waals surface area contributed by atoms with Gasteiger partial charge in [-0.3, -0.25) is 0 Å². The third-order valence-corrected chi connectivity index (χ3v) is 3.88. The first-order chi connectivity index (χ1) is 9.74. The molecule has 1 saturated carbocycles. The number of aliphatic hydroxyl groups is 1. The van der Waals surface area contributed by atoms with Gasteiger partial charge in [0, 0.05) is 7.11 Å². The van der Waals surface area contributed by atoms with Crippen LogP contribution in [-0.2, 0) is 11.3 Å². The van der Waals surface area contributed by atoms with Crippen LogP contribution in [-0.4, -0.2) is 37.5 Å². The van der Waals surface area contributed by atoms with Crippen LogP contribution in [0.3, 0.4) is 0 Å². The summed E-state index contributed by atoms with van der Waals surface area (Å²) in [5.74, 6) is 1.35. The first-order valence-electron chi connectivity index (χ1n) is 7.30. The van der Waals surface area contributed by atoms with Crippen molar-refractivity contribution in [2.24, 2.45) is 5.92 Å². The molecule has 1 aromatic rings. The number of ether oxygens (including phenoxy) is 2. The predicted octanol–water partition coefficient (Wildman–Crippen LogP) is 1.96. The van der Waals surface area contributed by atoms with E-state index in [1.165, 1.54) is 12.8 Å². The normalized spacial score (nSPS) is 17.8. The van der Waals surface area contributed by atoms with Crippen LogP contribution in [0.25, 0.3) is 0 Å². The molecule has 2 N–H and O–H groups in total. The van der Waals surface area contributed by atoms with Crippen molar-refractivity contribution in [1.29, 1.82) is 0 Å². The minimum absolute atomic E-state index is 0.114. The van der Waals surface area contributed by atoms with Gasteiger partial charge in [-0.25, -0.2) is 0 Å². The zero-order chi connectivity index (χ0) is 14.4. The number of benzene rings is 1. The van der Waals surface area contributed by atoms with Crippen LogP contribution in [0, 0.1) is 5.92 Å². The second-order valence-corrected chi connectivity index (χ2v) is 5.49. The van der Waals surface area contributed by atoms with Crippen molar-refractivity contribution in [3.8, 4) is 5.75 Å². The topological polar surface area (TPSA) is 50.7 Å². The van der Waals surface area contributed by atoms with E-state index in [1.54, 1.807) is 7.11 Å². The number of hydrogen-bond donors (Lipinski definition) is 2. The molecule has 2 rings (SSSR count). The number of nitrogens with one attached hydrogen (secondary N) is 1. The van der Waals surface area contributed by atoms with Crippen molar-refractivity contribution in [2.75, 3.05) is 26.9 Å². The van der Waals surface area contributed by atoms with Crippen molar-refractivity contribution in [3.63, 3.8) is 0 Å². The molecule has 0 aromatic heterocycles. The van der Waals surface area contributed by atoms with Crippen molar-refractivity contribution in [2.45, 2.75) is 31.9 Å². The molecule has 0 radical (unpaired) electrons. The van der Waals surface area contributed by atoms with Crippen LogP contribution in [0.4, 0.5) is 0 Å². The van der Waals surface area contributed by atoms with Crippen molar-refractivity contribution in [1.82, 2.24) is 5.32 Å². The van der Waals surface area contributed by atoms with Crippen LogP contribution < -0.4 is 10.1 Å². The standard InChI is InChI=1S/C16H25NO3/c1-3-17-16(11-18,14-7-8-14)12-20-15-6-4-5-13(9-15)10-19-2/h4-6,9,14,17-18H,3,7-8,10-12H2,1-2H3. The van der Waals surface area contributed by atoms with Gasteiger partial charge in [-0.2, -0.15) is 0 Å². The summed E-state index contributed by atoms with van der Waals surface area (Å²) in [6.07, 6.45) is 2.33. The second-order valence-electron chi connectivity index (χ2n) is 5.49. The van der Waals surface area contributed by atoms with Crippen molar-refractivity contribution in [3.05, 3.63) is 29.8 Å². The highest BCUT2D eigenvalue weighted by Crippen LogP contribution is 2.39. The molecule has 1 aliphatic carbocycles. The monoisotopic (exact) mass is 279 g/mol. The lowest BCUT2D eigenvalue weighted by molar-refractivity contribution is 0.0863. The van der Waals surface area contributed by atoms with E-state index >= 15 is 0 Å². The molecule has 0 amide bonds. The Morgan fingerprint density at radius 1 is 1.40 bits per heavy atom. The van der Waals surface area contributed by atoms with Gasteiger partial charge in [0.15, 0.2) is 0 Å². The smallest absolute Gasteiger partial charge is 0.119 e. The Morgan fingerprint density at radius 2 is 2.20 bits per heavy atom. The van der Waals surface area contributed by atoms with Crippen LogP contribution in [0.5, 0.6) is 5.75 Å². The Morgan fingerprint density at radius 3 is 2.80 bits per heavy atom. The van der Waals surface area contributed by atoms with Gasteiger partial charge < -0.3 is 19.9 Å². The van der Waals surface area contributed by atoms with E-state index in [9.17, 15) is 5.11 Å². The van der Waals surface area contributed by atoms with Gasteiger partial charge in [-0.1, -0.05) is 19.1 Å². The molecule has 0 aliphatic heterocycles. The summed E-state index contributed by atoms with van der Waals surface area (Å²) in [5, 5.41) is 13.2. The molecule has 0 heterocycles. The third kappa shape index (κ3) is 3.72. The predicted molar refractivity (Wildman–Crippen MR) is 78.9 cm³/mol. The minimum atomic E-state index is -0.300. The van der Waals surface area contributed by atoms with E-state index in [0.29, 0.717) is 19.1 Å². The third-order valence-electron chi connectivity index (χ3n) is 3.88. The van der Waals surface area contributed by atoms with Gasteiger partial charge in [0.05, 0.1) is 18.8 Å². The Kier molecular flexibility index (Phi) is 5.40. The Hall–Kier alpha value is -1.10. The SMILES string of the molecule is CCNC(CO)(COc1cccc(COC)c1)C1CC1. The highest BCUT2D eigenvalue weighted by Gasteiger charge is 2.45. The van der Waals surface area contributed by atoms with Crippen LogP contribution in [0.15, 0.2) is 24.3 Å². The van der Waals surface area contributed by atoms with E-state index in [2.05, 4.69) is 12.2 Å². The highest BCUT2D eigenvalue weighted by atomic mass is 16.5. The molecule has 0 bridgehead atoms. The maximum atomic E-state index is 9.77. The molecule has 1 aliphatic rings. The quantitative estimate of drug-likeness (QED) is 0.725. The van der Waals surface area contributed by atoms with E-state index in [1.807, 2.05) is 24.3 Å². The van der Waals surface area contributed by atoms with Crippen LogP contribution >= 0.6 is 0 Å². The van der Waals surface area contributed by atoms with Gasteiger partial charge in [-0.15, -0.1) is 0 Å². The molecule has 1 atom stereocenters. The summed E-state index contributed by atoms with van der Waals surface area (Å²) in [6.45, 7) is 4.09. The number of methoxy groups -OCH3 is 1. The molecule has 4 heteroatoms. The summed E-state index contributed by atoms with van der Waals surface area (Å²) in [4.78, 5) is 0. The first-order valence-corrected chi connectivity index (χ1v) is 7.30. The van der Waals surface area contributed by atoms with Gasteiger partial charge in [0.1, 0.15) is 12.4 Å². The van der Waals surface area contributed by atoms with Crippen molar-refractivity contribution < 1.29 is 14.6 Å². The van der Waals surface area contributed by atoms with Crippen LogP contribution in [0.1, 0.15) is 25.3 Å². The summed E-state index contributed by atoms with van der Waals surface area (Å²) in [5.41, 5.74) is 0.793. The lowest BCUT2D eigenvalue weighted by Crippen LogP contribution is -2.55. The molecule has 0 saturated heterocycles. The summed E-state index contributed by atoms with van der Waals surface area (Å²) >= 11 is 0. The molecule has 4 nitrogen and oxygen atoms in total. The second kappa shape index (κ2) is 7.07. The maximum absolute atomic E-state index is 9.77. The zero-order valence-electron chi connectivity index (χ0n) is 12.4. The number of likely N-dealkylation sites (N-methyl/N-ethyl adjacent to an activating group) is 1. The number of aliphatic hydroxyl groups excluding tert-OH is 1. The fraction of sp³-hybridized carbons (Fsp3) is 0.625. The molecule has 20 heavy (non-hydrogen) atoms. The summed E-state index contributed by atoms with van der Waals surface area (Å²) in [6, 6.07) is 7.92. The van der Waals surface area contributed by atoms with E-state index < -0.39 is 0 Å². The molecule has 112 valence electrons.